The summed E-state index contributed by atoms with van der Waals surface area (Å²) in [5.41, 5.74) is 1.21. The summed E-state index contributed by atoms with van der Waals surface area (Å²) in [7, 11) is 0. The van der Waals surface area contributed by atoms with Gasteiger partial charge in [-0.2, -0.15) is 0 Å². The fraction of sp³-hybridized carbons (Fsp3) is 0. The van der Waals surface area contributed by atoms with E-state index in [1.165, 1.54) is 31.2 Å². The summed E-state index contributed by atoms with van der Waals surface area (Å²) in [6.07, 6.45) is 7.34. The van der Waals surface area contributed by atoms with Crippen molar-refractivity contribution in [1.82, 2.24) is 9.97 Å². The van der Waals surface area contributed by atoms with Gasteiger partial charge in [-0.05, 0) is 30.3 Å². The predicted molar refractivity (Wildman–Crippen MR) is 94.1 cm³/mol. The first-order valence-electron chi connectivity index (χ1n) is 7.55. The minimum absolute atomic E-state index is 0.257. The normalized spacial score (nSPS) is 10.6. The molecule has 0 fully saturated rings. The Morgan fingerprint density at radius 1 is 1.04 bits per heavy atom. The number of amides is 1. The van der Waals surface area contributed by atoms with Crippen LogP contribution in [0.4, 0.5) is 5.13 Å². The number of nitrogens with zero attached hydrogens (tertiary/aromatic N) is 2. The van der Waals surface area contributed by atoms with Gasteiger partial charge in [0, 0.05) is 18.0 Å². The van der Waals surface area contributed by atoms with Crippen molar-refractivity contribution in [2.75, 3.05) is 5.32 Å². The lowest BCUT2D eigenvalue weighted by Crippen LogP contribution is -2.11. The second-order valence-electron chi connectivity index (χ2n) is 5.21. The third-order valence-corrected chi connectivity index (χ3v) is 4.50. The molecule has 0 saturated heterocycles. The SMILES string of the molecule is O=C(Nc1nc(-c2ccco2)c(C(=O)c2ccoc2)s1)c1ccncc1. The number of anilines is 1. The number of hydrogen-bond acceptors (Lipinski definition) is 7. The molecule has 8 heteroatoms. The highest BCUT2D eigenvalue weighted by Gasteiger charge is 2.24. The second kappa shape index (κ2) is 6.77. The number of carbonyl (C=O) groups excluding carboxylic acids is 2. The summed E-state index contributed by atoms with van der Waals surface area (Å²) in [4.78, 5) is 33.7. The van der Waals surface area contributed by atoms with Crippen LogP contribution in [0.1, 0.15) is 25.6 Å². The van der Waals surface area contributed by atoms with E-state index in [-0.39, 0.29) is 11.7 Å². The van der Waals surface area contributed by atoms with E-state index >= 15 is 0 Å². The van der Waals surface area contributed by atoms with Gasteiger partial charge in [0.2, 0.25) is 5.78 Å². The highest BCUT2D eigenvalue weighted by atomic mass is 32.1. The average Bonchev–Trinajstić information content (AvgIpc) is 3.42. The highest BCUT2D eigenvalue weighted by Crippen LogP contribution is 2.33. The maximum atomic E-state index is 12.7. The van der Waals surface area contributed by atoms with E-state index in [1.807, 2.05) is 0 Å². The maximum Gasteiger partial charge on any atom is 0.257 e. The number of rotatable bonds is 5. The zero-order chi connectivity index (χ0) is 17.9. The number of carbonyl (C=O) groups is 2. The van der Waals surface area contributed by atoms with Gasteiger partial charge in [0.15, 0.2) is 10.9 Å². The number of ketones is 1. The number of aromatic nitrogens is 2. The van der Waals surface area contributed by atoms with Crippen LogP contribution in [0.15, 0.2) is 70.3 Å². The lowest BCUT2D eigenvalue weighted by atomic mass is 10.1. The van der Waals surface area contributed by atoms with Crippen molar-refractivity contribution < 1.29 is 18.4 Å². The molecule has 0 saturated carbocycles. The standard InChI is InChI=1S/C18H11N3O4S/c22-15(12-5-9-24-10-12)16-14(13-2-1-8-25-13)20-18(26-16)21-17(23)11-3-6-19-7-4-11/h1-10H,(H,20,21,23). The molecule has 0 spiro atoms. The molecule has 4 aromatic heterocycles. The summed E-state index contributed by atoms with van der Waals surface area (Å²) in [5.74, 6) is -0.154. The molecule has 0 aliphatic heterocycles. The summed E-state index contributed by atoms with van der Waals surface area (Å²) < 4.78 is 10.4. The van der Waals surface area contributed by atoms with Gasteiger partial charge < -0.3 is 8.83 Å². The number of hydrogen-bond donors (Lipinski definition) is 1. The van der Waals surface area contributed by atoms with E-state index < -0.39 is 0 Å². The Kier molecular flexibility index (Phi) is 4.16. The molecule has 0 aliphatic carbocycles. The molecular formula is C18H11N3O4S. The summed E-state index contributed by atoms with van der Waals surface area (Å²) in [6.45, 7) is 0. The molecule has 128 valence electrons. The fourth-order valence-corrected chi connectivity index (χ4v) is 3.23. The van der Waals surface area contributed by atoms with Crippen LogP contribution in [0, 0.1) is 0 Å². The van der Waals surface area contributed by atoms with Crippen LogP contribution in [-0.4, -0.2) is 21.7 Å². The van der Waals surface area contributed by atoms with E-state index in [1.54, 1.807) is 30.3 Å². The number of pyridine rings is 1. The van der Waals surface area contributed by atoms with Crippen molar-refractivity contribution in [3.8, 4) is 11.5 Å². The Morgan fingerprint density at radius 2 is 1.88 bits per heavy atom. The molecule has 0 unspecified atom stereocenters. The minimum atomic E-state index is -0.338. The fourth-order valence-electron chi connectivity index (χ4n) is 2.31. The van der Waals surface area contributed by atoms with E-state index in [0.717, 1.165) is 11.3 Å². The van der Waals surface area contributed by atoms with Gasteiger partial charge in [0.25, 0.3) is 5.91 Å². The van der Waals surface area contributed by atoms with Crippen molar-refractivity contribution in [2.24, 2.45) is 0 Å². The number of thiazole rings is 1. The molecule has 4 rings (SSSR count). The van der Waals surface area contributed by atoms with E-state index in [9.17, 15) is 9.59 Å². The third kappa shape index (κ3) is 3.05. The quantitative estimate of drug-likeness (QED) is 0.539. The molecule has 0 atom stereocenters. The van der Waals surface area contributed by atoms with Crippen LogP contribution in [0.3, 0.4) is 0 Å². The molecule has 0 aliphatic rings. The first kappa shape index (κ1) is 16.0. The Balaban J connectivity index is 1.70. The van der Waals surface area contributed by atoms with Crippen molar-refractivity contribution >= 4 is 28.2 Å². The van der Waals surface area contributed by atoms with Crippen molar-refractivity contribution in [2.45, 2.75) is 0 Å². The van der Waals surface area contributed by atoms with Crippen LogP contribution < -0.4 is 5.32 Å². The van der Waals surface area contributed by atoms with Gasteiger partial charge in [-0.3, -0.25) is 19.9 Å². The molecule has 0 radical (unpaired) electrons. The molecule has 4 aromatic rings. The van der Waals surface area contributed by atoms with E-state index in [4.69, 9.17) is 8.83 Å². The highest BCUT2D eigenvalue weighted by molar-refractivity contribution is 7.18. The topological polar surface area (TPSA) is 98.2 Å². The van der Waals surface area contributed by atoms with Gasteiger partial charge in [-0.1, -0.05) is 11.3 Å². The monoisotopic (exact) mass is 365 g/mol. The zero-order valence-electron chi connectivity index (χ0n) is 13.2. The Morgan fingerprint density at radius 3 is 2.58 bits per heavy atom. The smallest absolute Gasteiger partial charge is 0.257 e. The van der Waals surface area contributed by atoms with Gasteiger partial charge in [0.1, 0.15) is 16.8 Å². The van der Waals surface area contributed by atoms with Gasteiger partial charge in [-0.15, -0.1) is 0 Å². The molecule has 1 N–H and O–H groups in total. The van der Waals surface area contributed by atoms with Crippen LogP contribution >= 0.6 is 11.3 Å². The Hall–Kier alpha value is -3.52. The maximum absolute atomic E-state index is 12.7. The Bertz CT molecular complexity index is 1040. The first-order valence-corrected chi connectivity index (χ1v) is 8.37. The summed E-state index contributed by atoms with van der Waals surface area (Å²) >= 11 is 1.08. The van der Waals surface area contributed by atoms with Crippen molar-refractivity contribution in [3.05, 3.63) is 77.5 Å². The van der Waals surface area contributed by atoms with Crippen LogP contribution in [0.25, 0.3) is 11.5 Å². The van der Waals surface area contributed by atoms with Gasteiger partial charge >= 0.3 is 0 Å². The lowest BCUT2D eigenvalue weighted by molar-refractivity contribution is 0.102. The van der Waals surface area contributed by atoms with Crippen LogP contribution in [-0.2, 0) is 0 Å². The van der Waals surface area contributed by atoms with Gasteiger partial charge in [-0.25, -0.2) is 4.98 Å². The molecule has 0 bridgehead atoms. The van der Waals surface area contributed by atoms with Crippen LogP contribution in [0.5, 0.6) is 0 Å². The molecule has 7 nitrogen and oxygen atoms in total. The average molecular weight is 365 g/mol. The van der Waals surface area contributed by atoms with Crippen molar-refractivity contribution in [1.29, 1.82) is 0 Å². The first-order chi connectivity index (χ1) is 12.7. The Labute approximate surface area is 151 Å². The van der Waals surface area contributed by atoms with Gasteiger partial charge in [0.05, 0.1) is 18.1 Å². The zero-order valence-corrected chi connectivity index (χ0v) is 14.0. The molecule has 0 aromatic carbocycles. The third-order valence-electron chi connectivity index (χ3n) is 3.53. The molecule has 4 heterocycles. The van der Waals surface area contributed by atoms with Crippen LogP contribution in [0.2, 0.25) is 0 Å². The molecule has 26 heavy (non-hydrogen) atoms. The minimum Gasteiger partial charge on any atom is -0.472 e. The predicted octanol–water partition coefficient (Wildman–Crippen LogP) is 3.87. The number of furan rings is 2. The van der Waals surface area contributed by atoms with Crippen molar-refractivity contribution in [3.63, 3.8) is 0 Å². The largest absolute Gasteiger partial charge is 0.472 e. The lowest BCUT2D eigenvalue weighted by Gasteiger charge is -2.00. The second-order valence-corrected chi connectivity index (χ2v) is 6.20. The molecule has 1 amide bonds. The van der Waals surface area contributed by atoms with E-state index in [0.29, 0.717) is 32.6 Å². The molecular weight excluding hydrogens is 354 g/mol. The summed E-state index contributed by atoms with van der Waals surface area (Å²) in [5, 5.41) is 3.00. The summed E-state index contributed by atoms with van der Waals surface area (Å²) in [6, 6.07) is 8.16. The van der Waals surface area contributed by atoms with E-state index in [2.05, 4.69) is 15.3 Å². The number of nitrogens with one attached hydrogen (secondary N) is 1.